The number of benzene rings is 2. The summed E-state index contributed by atoms with van der Waals surface area (Å²) in [4.78, 5) is 73.9. The molecule has 4 atom stereocenters. The van der Waals surface area contributed by atoms with E-state index >= 15 is 0 Å². The maximum Gasteiger partial charge on any atom is 0.326 e. The fourth-order valence-electron chi connectivity index (χ4n) is 3.98. The maximum absolute atomic E-state index is 13.2. The molecule has 2 rings (SSSR count). The summed E-state index contributed by atoms with van der Waals surface area (Å²) in [6.07, 6.45) is -1.30. The number of primary amides is 2. The number of amides is 5. The van der Waals surface area contributed by atoms with Gasteiger partial charge in [0.1, 0.15) is 29.6 Å². The Morgan fingerprint density at radius 3 is 1.37 bits per heavy atom. The smallest absolute Gasteiger partial charge is 0.326 e. The highest BCUT2D eigenvalue weighted by atomic mass is 16.4. The molecule has 0 spiro atoms. The number of carboxylic acid groups (broad SMARTS) is 1. The quantitative estimate of drug-likeness (QED) is 0.0990. The van der Waals surface area contributed by atoms with Crippen LogP contribution in [0.2, 0.25) is 0 Å². The van der Waals surface area contributed by atoms with Crippen molar-refractivity contribution in [1.82, 2.24) is 16.0 Å². The normalized spacial score (nSPS) is 13.5. The number of rotatable bonds is 17. The van der Waals surface area contributed by atoms with E-state index in [1.165, 1.54) is 36.4 Å². The standard InChI is InChI=1S/C28H36N6O9/c29-19(13-15-1-5-17(35)6-2-15)25(39)32-20(9-11-23(30)37)26(40)33-21(10-12-24(31)38)27(41)34-22(28(42)43)14-16-3-7-18(36)8-4-16/h1-8,19-22,35-36H,9-14,29H2,(H2,30,37)(H2,31,38)(H,32,39)(H,33,40)(H,34,41)(H,42,43). The van der Waals surface area contributed by atoms with E-state index in [-0.39, 0.29) is 50.0 Å². The van der Waals surface area contributed by atoms with Crippen LogP contribution in [0.15, 0.2) is 48.5 Å². The number of nitrogens with two attached hydrogens (primary N) is 3. The molecule has 2 aromatic carbocycles. The van der Waals surface area contributed by atoms with Crippen LogP contribution in [-0.2, 0) is 41.6 Å². The number of carbonyl (C=O) groups is 6. The molecule has 0 heterocycles. The number of hydrogen-bond acceptors (Lipinski definition) is 9. The minimum absolute atomic E-state index is 0.0231. The van der Waals surface area contributed by atoms with Crippen LogP contribution in [0.5, 0.6) is 11.5 Å². The molecule has 0 bridgehead atoms. The van der Waals surface area contributed by atoms with Crippen LogP contribution < -0.4 is 33.2 Å². The summed E-state index contributed by atoms with van der Waals surface area (Å²) < 4.78 is 0. The highest BCUT2D eigenvalue weighted by molar-refractivity contribution is 5.94. The molecule has 232 valence electrons. The summed E-state index contributed by atoms with van der Waals surface area (Å²) in [5.41, 5.74) is 17.5. The third-order valence-electron chi connectivity index (χ3n) is 6.34. The molecule has 2 aromatic rings. The lowest BCUT2D eigenvalue weighted by molar-refractivity contribution is -0.142. The molecule has 15 heteroatoms. The lowest BCUT2D eigenvalue weighted by atomic mass is 10.0. The summed E-state index contributed by atoms with van der Waals surface area (Å²) in [6, 6.07) is 6.23. The van der Waals surface area contributed by atoms with Crippen molar-refractivity contribution < 1.29 is 44.1 Å². The molecule has 0 saturated heterocycles. The van der Waals surface area contributed by atoms with Crippen LogP contribution in [0.25, 0.3) is 0 Å². The lowest BCUT2D eigenvalue weighted by Crippen LogP contribution is -2.57. The highest BCUT2D eigenvalue weighted by Crippen LogP contribution is 2.13. The minimum Gasteiger partial charge on any atom is -0.508 e. The van der Waals surface area contributed by atoms with E-state index in [2.05, 4.69) is 16.0 Å². The fraction of sp³-hybridized carbons (Fsp3) is 0.357. The average Bonchev–Trinajstić information content (AvgIpc) is 2.94. The molecule has 0 aliphatic heterocycles. The van der Waals surface area contributed by atoms with E-state index in [1.807, 2.05) is 0 Å². The maximum atomic E-state index is 13.2. The molecule has 0 saturated carbocycles. The third kappa shape index (κ3) is 12.1. The first-order valence-corrected chi connectivity index (χ1v) is 13.3. The molecule has 0 aliphatic carbocycles. The van der Waals surface area contributed by atoms with Crippen molar-refractivity contribution in [3.05, 3.63) is 59.7 Å². The number of carbonyl (C=O) groups excluding carboxylic acids is 5. The van der Waals surface area contributed by atoms with Crippen LogP contribution >= 0.6 is 0 Å². The molecule has 43 heavy (non-hydrogen) atoms. The van der Waals surface area contributed by atoms with Crippen molar-refractivity contribution in [1.29, 1.82) is 0 Å². The Labute approximate surface area is 246 Å². The zero-order valence-electron chi connectivity index (χ0n) is 23.2. The second kappa shape index (κ2) is 16.3. The van der Waals surface area contributed by atoms with E-state index in [4.69, 9.17) is 17.2 Å². The minimum atomic E-state index is -1.44. The van der Waals surface area contributed by atoms with Crippen LogP contribution in [0.1, 0.15) is 36.8 Å². The van der Waals surface area contributed by atoms with Gasteiger partial charge in [0.05, 0.1) is 6.04 Å². The predicted molar refractivity (Wildman–Crippen MR) is 152 cm³/mol. The van der Waals surface area contributed by atoms with Gasteiger partial charge in [-0.25, -0.2) is 4.79 Å². The number of nitrogens with one attached hydrogen (secondary N) is 3. The average molecular weight is 601 g/mol. The van der Waals surface area contributed by atoms with Crippen LogP contribution in [0.3, 0.4) is 0 Å². The van der Waals surface area contributed by atoms with Gasteiger partial charge in [0, 0.05) is 19.3 Å². The first-order valence-electron chi connectivity index (χ1n) is 13.3. The molecular weight excluding hydrogens is 564 g/mol. The Hall–Kier alpha value is -5.18. The molecule has 0 aromatic heterocycles. The van der Waals surface area contributed by atoms with Gasteiger partial charge in [0.2, 0.25) is 29.5 Å². The van der Waals surface area contributed by atoms with Gasteiger partial charge in [-0.05, 0) is 54.7 Å². The number of phenols is 2. The first kappa shape index (κ1) is 34.0. The molecule has 0 fully saturated rings. The van der Waals surface area contributed by atoms with Crippen LogP contribution in [0, 0.1) is 0 Å². The van der Waals surface area contributed by atoms with Gasteiger partial charge in [0.25, 0.3) is 0 Å². The topological polar surface area (TPSA) is 277 Å². The van der Waals surface area contributed by atoms with Crippen molar-refractivity contribution in [3.63, 3.8) is 0 Å². The second-order valence-electron chi connectivity index (χ2n) is 9.88. The summed E-state index contributed by atoms with van der Waals surface area (Å²) in [5, 5.41) is 35.7. The summed E-state index contributed by atoms with van der Waals surface area (Å²) >= 11 is 0. The van der Waals surface area contributed by atoms with Crippen molar-refractivity contribution in [2.24, 2.45) is 17.2 Å². The number of carboxylic acids is 1. The molecule has 5 amide bonds. The number of aliphatic carboxylic acids is 1. The SMILES string of the molecule is NC(=O)CCC(NC(=O)C(N)Cc1ccc(O)cc1)C(=O)NC(CCC(N)=O)C(=O)NC(Cc1ccc(O)cc1)C(=O)O. The van der Waals surface area contributed by atoms with E-state index in [0.29, 0.717) is 11.1 Å². The van der Waals surface area contributed by atoms with Crippen molar-refractivity contribution in [2.45, 2.75) is 62.7 Å². The van der Waals surface area contributed by atoms with Crippen molar-refractivity contribution in [3.8, 4) is 11.5 Å². The van der Waals surface area contributed by atoms with Gasteiger partial charge in [0.15, 0.2) is 0 Å². The summed E-state index contributed by atoms with van der Waals surface area (Å²) in [5.74, 6) is -5.55. The molecule has 12 N–H and O–H groups in total. The summed E-state index contributed by atoms with van der Waals surface area (Å²) in [6.45, 7) is 0. The van der Waals surface area contributed by atoms with Gasteiger partial charge in [-0.15, -0.1) is 0 Å². The first-order chi connectivity index (χ1) is 20.2. The molecule has 4 unspecified atom stereocenters. The van der Waals surface area contributed by atoms with Gasteiger partial charge in [-0.3, -0.25) is 24.0 Å². The molecule has 0 radical (unpaired) electrons. The molecule has 15 nitrogen and oxygen atoms in total. The number of phenolic OH excluding ortho intramolecular Hbond substituents is 2. The van der Waals surface area contributed by atoms with Crippen molar-refractivity contribution in [2.75, 3.05) is 0 Å². The van der Waals surface area contributed by atoms with Crippen molar-refractivity contribution >= 4 is 35.5 Å². The molecular formula is C28H36N6O9. The monoisotopic (exact) mass is 600 g/mol. The zero-order valence-corrected chi connectivity index (χ0v) is 23.2. The predicted octanol–water partition coefficient (Wildman–Crippen LogP) is -1.72. The number of aromatic hydroxyl groups is 2. The Morgan fingerprint density at radius 2 is 0.977 bits per heavy atom. The Bertz CT molecular complexity index is 1300. The van der Waals surface area contributed by atoms with Gasteiger partial charge < -0.3 is 48.5 Å². The van der Waals surface area contributed by atoms with Gasteiger partial charge >= 0.3 is 5.97 Å². The van der Waals surface area contributed by atoms with E-state index in [0.717, 1.165) is 0 Å². The van der Waals surface area contributed by atoms with Crippen LogP contribution in [-0.4, -0.2) is 75.0 Å². The third-order valence-corrected chi connectivity index (χ3v) is 6.34. The highest BCUT2D eigenvalue weighted by Gasteiger charge is 2.31. The summed E-state index contributed by atoms with van der Waals surface area (Å²) in [7, 11) is 0. The largest absolute Gasteiger partial charge is 0.508 e. The lowest BCUT2D eigenvalue weighted by Gasteiger charge is -2.25. The fourth-order valence-corrected chi connectivity index (χ4v) is 3.98. The van der Waals surface area contributed by atoms with E-state index < -0.39 is 59.7 Å². The molecule has 0 aliphatic rings. The van der Waals surface area contributed by atoms with E-state index in [1.54, 1.807) is 12.1 Å². The Morgan fingerprint density at radius 1 is 0.605 bits per heavy atom. The number of hydrogen-bond donors (Lipinski definition) is 9. The van der Waals surface area contributed by atoms with Gasteiger partial charge in [-0.2, -0.15) is 0 Å². The van der Waals surface area contributed by atoms with Gasteiger partial charge in [-0.1, -0.05) is 24.3 Å². The Kier molecular flexibility index (Phi) is 12.9. The zero-order chi connectivity index (χ0) is 32.1. The van der Waals surface area contributed by atoms with E-state index in [9.17, 15) is 44.1 Å². The van der Waals surface area contributed by atoms with Crippen LogP contribution in [0.4, 0.5) is 0 Å². The Balaban J connectivity index is 2.17. The second-order valence-corrected chi connectivity index (χ2v) is 9.88.